The first-order valence-corrected chi connectivity index (χ1v) is 8.23. The lowest BCUT2D eigenvalue weighted by molar-refractivity contribution is 1.48. The fourth-order valence-electron chi connectivity index (χ4n) is 1.89. The first kappa shape index (κ1) is 19.9. The third kappa shape index (κ3) is 8.92. The van der Waals surface area contributed by atoms with Gasteiger partial charge in [-0.05, 0) is 23.6 Å². The Bertz CT molecular complexity index is 708. The normalized spacial score (nSPS) is 8.68. The molecule has 0 saturated carbocycles. The van der Waals surface area contributed by atoms with Gasteiger partial charge in [-0.3, -0.25) is 0 Å². The van der Waals surface area contributed by atoms with Crippen LogP contribution in [-0.4, -0.2) is 0 Å². The van der Waals surface area contributed by atoms with Crippen molar-refractivity contribution in [2.45, 2.75) is 6.92 Å². The summed E-state index contributed by atoms with van der Waals surface area (Å²) < 4.78 is 0. The summed E-state index contributed by atoms with van der Waals surface area (Å²) in [5.74, 6) is 0. The summed E-state index contributed by atoms with van der Waals surface area (Å²) >= 11 is 0. The molecule has 126 valence electrons. The van der Waals surface area contributed by atoms with Crippen LogP contribution in [0.4, 0.5) is 0 Å². The van der Waals surface area contributed by atoms with Gasteiger partial charge in [0.05, 0.1) is 0 Å². The highest BCUT2D eigenvalue weighted by Gasteiger charge is 1.84. The van der Waals surface area contributed by atoms with Gasteiger partial charge in [0.15, 0.2) is 0 Å². The minimum atomic E-state index is 1.14. The van der Waals surface area contributed by atoms with Crippen molar-refractivity contribution in [2.24, 2.45) is 0 Å². The Balaban J connectivity index is 0.000000191. The molecule has 0 unspecified atom stereocenters. The predicted molar refractivity (Wildman–Crippen MR) is 114 cm³/mol. The molecule has 0 aromatic heterocycles. The first-order valence-electron chi connectivity index (χ1n) is 8.23. The van der Waals surface area contributed by atoms with Crippen molar-refractivity contribution < 1.29 is 0 Å². The van der Waals surface area contributed by atoms with Crippen molar-refractivity contribution in [3.8, 4) is 0 Å². The summed E-state index contributed by atoms with van der Waals surface area (Å²) in [6.07, 6.45) is 5.49. The van der Waals surface area contributed by atoms with Crippen molar-refractivity contribution in [1.29, 1.82) is 0 Å². The van der Waals surface area contributed by atoms with E-state index in [-0.39, 0.29) is 0 Å². The first-order chi connectivity index (χ1) is 12.2. The van der Waals surface area contributed by atoms with Crippen LogP contribution >= 0.6 is 0 Å². The van der Waals surface area contributed by atoms with Crippen LogP contribution < -0.4 is 0 Å². The largest absolute Gasteiger partial charge is 0.0985 e. The molecule has 25 heavy (non-hydrogen) atoms. The fourth-order valence-corrected chi connectivity index (χ4v) is 1.89. The van der Waals surface area contributed by atoms with E-state index in [0.29, 0.717) is 0 Å². The van der Waals surface area contributed by atoms with E-state index in [1.165, 1.54) is 11.1 Å². The fraction of sp³-hybridized carbons (Fsp3) is 0.0400. The maximum Gasteiger partial charge on any atom is -0.0262 e. The lowest BCUT2D eigenvalue weighted by atomic mass is 10.1. The minimum Gasteiger partial charge on any atom is -0.0985 e. The predicted octanol–water partition coefficient (Wildman–Crippen LogP) is 7.30. The average Bonchev–Trinajstić information content (AvgIpc) is 2.70. The second-order valence-electron chi connectivity index (χ2n) is 5.34. The Labute approximate surface area is 152 Å². The SMILES string of the molecule is C=Cc1ccc(C=C)cc1.C=Cc1ccccc1.Cc1ccccc1. The zero-order valence-electron chi connectivity index (χ0n) is 14.9. The molecule has 0 heterocycles. The molecule has 3 rings (SSSR count). The molecule has 0 aliphatic heterocycles. The van der Waals surface area contributed by atoms with Gasteiger partial charge in [0.2, 0.25) is 0 Å². The van der Waals surface area contributed by atoms with Gasteiger partial charge in [0, 0.05) is 0 Å². The molecule has 0 amide bonds. The van der Waals surface area contributed by atoms with Gasteiger partial charge in [0.25, 0.3) is 0 Å². The van der Waals surface area contributed by atoms with Crippen molar-refractivity contribution in [1.82, 2.24) is 0 Å². The van der Waals surface area contributed by atoms with Crippen LogP contribution in [0.15, 0.2) is 105 Å². The average molecular weight is 326 g/mol. The molecule has 0 bridgehead atoms. The molecule has 0 aliphatic carbocycles. The topological polar surface area (TPSA) is 0 Å². The van der Waals surface area contributed by atoms with Crippen LogP contribution in [0.25, 0.3) is 18.2 Å². The molecule has 0 fully saturated rings. The highest BCUT2D eigenvalue weighted by Crippen LogP contribution is 2.05. The molecular formula is C25H26. The Kier molecular flexibility index (Phi) is 9.82. The van der Waals surface area contributed by atoms with Gasteiger partial charge in [-0.2, -0.15) is 0 Å². The number of hydrogen-bond acceptors (Lipinski definition) is 0. The van der Waals surface area contributed by atoms with E-state index < -0.39 is 0 Å². The molecule has 0 aliphatic rings. The highest BCUT2D eigenvalue weighted by atomic mass is 13.9. The molecule has 0 heteroatoms. The summed E-state index contributed by atoms with van der Waals surface area (Å²) in [7, 11) is 0. The summed E-state index contributed by atoms with van der Waals surface area (Å²) in [6, 6.07) is 28.4. The van der Waals surface area contributed by atoms with Gasteiger partial charge < -0.3 is 0 Å². The molecule has 3 aromatic carbocycles. The molecule has 0 spiro atoms. The van der Waals surface area contributed by atoms with Crippen molar-refractivity contribution in [3.05, 3.63) is 127 Å². The highest BCUT2D eigenvalue weighted by molar-refractivity contribution is 5.53. The standard InChI is InChI=1S/C10H10.C8H8.C7H8/c1-3-9-5-7-10(4-2)8-6-9;1-2-8-6-4-3-5-7-8;1-7-5-3-2-4-6-7/h3-8H,1-2H2;2-7H,1H2;2-6H,1H3. The summed E-state index contributed by atoms with van der Waals surface area (Å²) in [6.45, 7) is 13.0. The summed E-state index contributed by atoms with van der Waals surface area (Å²) in [5, 5.41) is 0. The van der Waals surface area contributed by atoms with Gasteiger partial charge in [-0.25, -0.2) is 0 Å². The van der Waals surface area contributed by atoms with Crippen molar-refractivity contribution >= 4 is 18.2 Å². The van der Waals surface area contributed by atoms with Gasteiger partial charge in [0.1, 0.15) is 0 Å². The number of aryl methyl sites for hydroxylation is 1. The third-order valence-electron chi connectivity index (χ3n) is 3.38. The second-order valence-corrected chi connectivity index (χ2v) is 5.34. The minimum absolute atomic E-state index is 1.14. The Morgan fingerprint density at radius 2 is 0.800 bits per heavy atom. The summed E-state index contributed by atoms with van der Waals surface area (Å²) in [5.41, 5.74) is 4.78. The van der Waals surface area contributed by atoms with E-state index in [1.807, 2.05) is 91.0 Å². The maximum absolute atomic E-state index is 3.66. The van der Waals surface area contributed by atoms with E-state index in [1.54, 1.807) is 0 Å². The van der Waals surface area contributed by atoms with E-state index in [0.717, 1.165) is 11.1 Å². The van der Waals surface area contributed by atoms with E-state index in [4.69, 9.17) is 0 Å². The lowest BCUT2D eigenvalue weighted by Gasteiger charge is -1.92. The molecule has 0 N–H and O–H groups in total. The molecule has 0 nitrogen and oxygen atoms in total. The number of benzene rings is 3. The van der Waals surface area contributed by atoms with E-state index in [2.05, 4.69) is 38.8 Å². The molecule has 0 atom stereocenters. The van der Waals surface area contributed by atoms with E-state index in [9.17, 15) is 0 Å². The molecule has 3 aromatic rings. The second kappa shape index (κ2) is 12.3. The monoisotopic (exact) mass is 326 g/mol. The van der Waals surface area contributed by atoms with Gasteiger partial charge >= 0.3 is 0 Å². The Morgan fingerprint density at radius 3 is 1.04 bits per heavy atom. The van der Waals surface area contributed by atoms with Crippen LogP contribution in [0, 0.1) is 6.92 Å². The van der Waals surface area contributed by atoms with Crippen LogP contribution in [0.1, 0.15) is 22.3 Å². The number of rotatable bonds is 3. The zero-order chi connectivity index (χ0) is 18.3. The summed E-state index contributed by atoms with van der Waals surface area (Å²) in [4.78, 5) is 0. The number of hydrogen-bond donors (Lipinski definition) is 0. The molecule has 0 saturated heterocycles. The van der Waals surface area contributed by atoms with Crippen molar-refractivity contribution in [2.75, 3.05) is 0 Å². The van der Waals surface area contributed by atoms with Crippen LogP contribution in [-0.2, 0) is 0 Å². The van der Waals surface area contributed by atoms with Gasteiger partial charge in [-0.15, -0.1) is 0 Å². The van der Waals surface area contributed by atoms with E-state index >= 15 is 0 Å². The maximum atomic E-state index is 3.66. The molecular weight excluding hydrogens is 300 g/mol. The van der Waals surface area contributed by atoms with Gasteiger partial charge in [-0.1, -0.05) is 128 Å². The lowest BCUT2D eigenvalue weighted by Crippen LogP contribution is -1.71. The van der Waals surface area contributed by atoms with Crippen LogP contribution in [0.2, 0.25) is 0 Å². The van der Waals surface area contributed by atoms with Crippen LogP contribution in [0.3, 0.4) is 0 Å². The Morgan fingerprint density at radius 1 is 0.480 bits per heavy atom. The smallest absolute Gasteiger partial charge is 0.0262 e. The third-order valence-corrected chi connectivity index (χ3v) is 3.38. The zero-order valence-corrected chi connectivity index (χ0v) is 14.9. The Hall–Kier alpha value is -3.12. The van der Waals surface area contributed by atoms with Crippen molar-refractivity contribution in [3.63, 3.8) is 0 Å². The van der Waals surface area contributed by atoms with Crippen LogP contribution in [0.5, 0.6) is 0 Å². The molecule has 0 radical (unpaired) electrons. The quantitative estimate of drug-likeness (QED) is 0.474.